The molecule has 0 aliphatic heterocycles. The summed E-state index contributed by atoms with van der Waals surface area (Å²) < 4.78 is 11.3. The van der Waals surface area contributed by atoms with Crippen LogP contribution in [-0.2, 0) is 20.9 Å². The summed E-state index contributed by atoms with van der Waals surface area (Å²) in [6.45, 7) is 5.25. The van der Waals surface area contributed by atoms with Gasteiger partial charge in [-0.25, -0.2) is 0 Å². The van der Waals surface area contributed by atoms with Crippen molar-refractivity contribution in [2.24, 2.45) is 11.8 Å². The number of allylic oxidation sites excluding steroid dienone is 2. The topological polar surface area (TPSA) is 18.5 Å². The number of rotatable bonds is 6. The maximum atomic E-state index is 5.67. The smallest absolute Gasteiger partial charge is 0.251 e. The van der Waals surface area contributed by atoms with Crippen LogP contribution in [0.4, 0.5) is 0 Å². The Morgan fingerprint density at radius 2 is 2.06 bits per heavy atom. The van der Waals surface area contributed by atoms with E-state index in [0.717, 1.165) is 11.8 Å². The highest BCUT2D eigenvalue weighted by atomic mass is 32.9. The van der Waals surface area contributed by atoms with E-state index >= 15 is 0 Å². The van der Waals surface area contributed by atoms with Crippen LogP contribution in [0.1, 0.15) is 33.1 Å². The Hall–Kier alpha value is 0.660. The molecule has 0 saturated heterocycles. The van der Waals surface area contributed by atoms with E-state index in [-0.39, 0.29) is 0 Å². The fourth-order valence-corrected chi connectivity index (χ4v) is 7.88. The van der Waals surface area contributed by atoms with Crippen LogP contribution in [0.3, 0.4) is 0 Å². The van der Waals surface area contributed by atoms with Crippen LogP contribution in [0.25, 0.3) is 0 Å². The predicted octanol–water partition coefficient (Wildman–Crippen LogP) is 4.33. The first-order valence-electron chi connectivity index (χ1n) is 5.97. The van der Waals surface area contributed by atoms with Crippen molar-refractivity contribution in [1.82, 2.24) is 0 Å². The molecule has 2 nitrogen and oxygen atoms in total. The molecule has 0 aromatic carbocycles. The van der Waals surface area contributed by atoms with E-state index < -0.39 is 5.69 Å². The average molecular weight is 278 g/mol. The van der Waals surface area contributed by atoms with Crippen LogP contribution in [0.15, 0.2) is 11.0 Å². The molecule has 2 rings (SSSR count). The molecule has 0 spiro atoms. The second-order valence-corrected chi connectivity index (χ2v) is 10.4. The van der Waals surface area contributed by atoms with Gasteiger partial charge in [0.25, 0.3) is 5.69 Å². The molecule has 92 valence electrons. The molecule has 2 aliphatic rings. The molecule has 2 bridgehead atoms. The molecular formula is C11H19O2PS2. The lowest BCUT2D eigenvalue weighted by Gasteiger charge is -2.23. The van der Waals surface area contributed by atoms with Gasteiger partial charge >= 0.3 is 0 Å². The van der Waals surface area contributed by atoms with E-state index in [0.29, 0.717) is 13.2 Å². The minimum atomic E-state index is -2.12. The Labute approximate surface area is 107 Å². The molecule has 2 aliphatic carbocycles. The molecule has 2 atom stereocenters. The lowest BCUT2D eigenvalue weighted by Crippen LogP contribution is -1.97. The SMILES string of the molecule is CCOP(=S)(OCC)SC1=CC2CCC1C2. The van der Waals surface area contributed by atoms with Crippen molar-refractivity contribution < 1.29 is 9.05 Å². The van der Waals surface area contributed by atoms with Gasteiger partial charge in [0, 0.05) is 0 Å². The van der Waals surface area contributed by atoms with Gasteiger partial charge in [0.05, 0.1) is 13.2 Å². The quantitative estimate of drug-likeness (QED) is 0.673. The van der Waals surface area contributed by atoms with Gasteiger partial charge in [0.1, 0.15) is 0 Å². The predicted molar refractivity (Wildman–Crippen MR) is 74.0 cm³/mol. The minimum absolute atomic E-state index is 0.644. The highest BCUT2D eigenvalue weighted by molar-refractivity contribution is 8.69. The summed E-state index contributed by atoms with van der Waals surface area (Å²) in [5.74, 6) is 1.55. The van der Waals surface area contributed by atoms with Crippen LogP contribution < -0.4 is 0 Å². The van der Waals surface area contributed by atoms with Crippen molar-refractivity contribution in [3.8, 4) is 0 Å². The molecule has 0 aromatic heterocycles. The van der Waals surface area contributed by atoms with Crippen molar-refractivity contribution in [1.29, 1.82) is 0 Å². The second-order valence-electron chi connectivity index (χ2n) is 4.21. The Balaban J connectivity index is 2.01. The lowest BCUT2D eigenvalue weighted by molar-refractivity contribution is 0.280. The van der Waals surface area contributed by atoms with Crippen molar-refractivity contribution >= 4 is 28.9 Å². The fourth-order valence-electron chi connectivity index (χ4n) is 2.43. The Kier molecular flexibility index (Phi) is 4.53. The number of fused-ring (bicyclic) bond motifs is 2. The average Bonchev–Trinajstić information content (AvgIpc) is 2.79. The Bertz CT molecular complexity index is 320. The summed E-state index contributed by atoms with van der Waals surface area (Å²) >= 11 is 7.25. The van der Waals surface area contributed by atoms with Crippen molar-refractivity contribution in [3.63, 3.8) is 0 Å². The van der Waals surface area contributed by atoms with Crippen LogP contribution in [-0.4, -0.2) is 13.2 Å². The van der Waals surface area contributed by atoms with E-state index in [4.69, 9.17) is 20.9 Å². The highest BCUT2D eigenvalue weighted by Gasteiger charge is 2.36. The molecule has 0 aromatic rings. The third kappa shape index (κ3) is 2.91. The number of hydrogen-bond acceptors (Lipinski definition) is 4. The van der Waals surface area contributed by atoms with Gasteiger partial charge in [-0.1, -0.05) is 6.08 Å². The van der Waals surface area contributed by atoms with Gasteiger partial charge in [-0.2, -0.15) is 0 Å². The maximum Gasteiger partial charge on any atom is 0.251 e. The molecular weight excluding hydrogens is 259 g/mol. The van der Waals surface area contributed by atoms with Gasteiger partial charge in [0.2, 0.25) is 0 Å². The Morgan fingerprint density at radius 1 is 1.38 bits per heavy atom. The maximum absolute atomic E-state index is 5.67. The largest absolute Gasteiger partial charge is 0.322 e. The normalized spacial score (nSPS) is 28.5. The van der Waals surface area contributed by atoms with E-state index in [1.807, 2.05) is 13.8 Å². The summed E-state index contributed by atoms with van der Waals surface area (Å²) in [6, 6.07) is 0. The minimum Gasteiger partial charge on any atom is -0.322 e. The zero-order chi connectivity index (χ0) is 11.6. The molecule has 0 radical (unpaired) electrons. The molecule has 1 saturated carbocycles. The van der Waals surface area contributed by atoms with E-state index in [1.54, 1.807) is 11.4 Å². The van der Waals surface area contributed by atoms with Crippen molar-refractivity contribution in [2.45, 2.75) is 33.1 Å². The summed E-state index contributed by atoms with van der Waals surface area (Å²) in [6.07, 6.45) is 6.42. The van der Waals surface area contributed by atoms with Gasteiger partial charge in [-0.3, -0.25) is 0 Å². The van der Waals surface area contributed by atoms with E-state index in [2.05, 4.69) is 6.08 Å². The first-order chi connectivity index (χ1) is 7.67. The summed E-state index contributed by atoms with van der Waals surface area (Å²) in [4.78, 5) is 1.45. The fraction of sp³-hybridized carbons (Fsp3) is 0.818. The zero-order valence-electron chi connectivity index (χ0n) is 9.85. The van der Waals surface area contributed by atoms with Gasteiger partial charge in [-0.15, -0.1) is 0 Å². The molecule has 16 heavy (non-hydrogen) atoms. The first-order valence-corrected chi connectivity index (χ1v) is 10.0. The molecule has 0 N–H and O–H groups in total. The second kappa shape index (κ2) is 5.53. The van der Waals surface area contributed by atoms with Crippen LogP contribution in [0, 0.1) is 11.8 Å². The highest BCUT2D eigenvalue weighted by Crippen LogP contribution is 2.67. The first kappa shape index (κ1) is 13.1. The van der Waals surface area contributed by atoms with Gasteiger partial charge in [0.15, 0.2) is 0 Å². The molecule has 5 heteroatoms. The van der Waals surface area contributed by atoms with E-state index in [9.17, 15) is 0 Å². The molecule has 0 amide bonds. The monoisotopic (exact) mass is 278 g/mol. The van der Waals surface area contributed by atoms with E-state index in [1.165, 1.54) is 24.2 Å². The van der Waals surface area contributed by atoms with Crippen LogP contribution in [0.5, 0.6) is 0 Å². The summed E-state index contributed by atoms with van der Waals surface area (Å²) in [5, 5.41) is 0. The lowest BCUT2D eigenvalue weighted by atomic mass is 10.1. The summed E-state index contributed by atoms with van der Waals surface area (Å²) in [5.41, 5.74) is -2.12. The van der Waals surface area contributed by atoms with Crippen LogP contribution >= 0.6 is 17.1 Å². The number of hydrogen-bond donors (Lipinski definition) is 0. The standard InChI is InChI=1S/C11H19O2PS2/c1-3-12-14(15,13-4-2)16-11-8-9-5-6-10(11)7-9/h8-10H,3-7H2,1-2H3. The molecule has 1 fully saturated rings. The van der Waals surface area contributed by atoms with Crippen molar-refractivity contribution in [2.75, 3.05) is 13.2 Å². The van der Waals surface area contributed by atoms with Gasteiger partial charge < -0.3 is 9.05 Å². The molecule has 2 unspecified atom stereocenters. The molecule has 0 heterocycles. The third-order valence-electron chi connectivity index (χ3n) is 3.07. The summed E-state index contributed by atoms with van der Waals surface area (Å²) in [7, 11) is 0. The van der Waals surface area contributed by atoms with Crippen LogP contribution in [0.2, 0.25) is 0 Å². The van der Waals surface area contributed by atoms with Crippen molar-refractivity contribution in [3.05, 3.63) is 11.0 Å². The zero-order valence-corrected chi connectivity index (χ0v) is 12.4. The third-order valence-corrected chi connectivity index (χ3v) is 8.36. The Morgan fingerprint density at radius 3 is 2.50 bits per heavy atom. The van der Waals surface area contributed by atoms with Gasteiger partial charge in [-0.05, 0) is 73.0 Å².